The van der Waals surface area contributed by atoms with Crippen LogP contribution in [-0.4, -0.2) is 24.9 Å². The van der Waals surface area contributed by atoms with Crippen LogP contribution in [0.2, 0.25) is 5.02 Å². The van der Waals surface area contributed by atoms with Gasteiger partial charge in [0.2, 0.25) is 11.8 Å². The standard InChI is InChI=1S/C18H25ClN2O2/c1-3-4-5-6-9-20-18(23)14-10-17(22)21(12-14)15-8-7-13(2)16(19)11-15/h7-8,11,14H,3-6,9-10,12H2,1-2H3,(H,20,23)/t14-/m1/s1. The van der Waals surface area contributed by atoms with Crippen LogP contribution < -0.4 is 10.2 Å². The molecule has 1 aromatic rings. The predicted octanol–water partition coefficient (Wildman–Crippen LogP) is 3.70. The van der Waals surface area contributed by atoms with E-state index in [0.717, 1.165) is 24.1 Å². The summed E-state index contributed by atoms with van der Waals surface area (Å²) < 4.78 is 0. The van der Waals surface area contributed by atoms with Gasteiger partial charge < -0.3 is 10.2 Å². The van der Waals surface area contributed by atoms with Gasteiger partial charge in [0.25, 0.3) is 0 Å². The minimum atomic E-state index is -0.270. The van der Waals surface area contributed by atoms with Crippen molar-refractivity contribution in [3.8, 4) is 0 Å². The summed E-state index contributed by atoms with van der Waals surface area (Å²) in [5.41, 5.74) is 1.74. The van der Waals surface area contributed by atoms with Gasteiger partial charge in [0.1, 0.15) is 0 Å². The molecule has 0 unspecified atom stereocenters. The highest BCUT2D eigenvalue weighted by atomic mass is 35.5. The highest BCUT2D eigenvalue weighted by molar-refractivity contribution is 6.31. The number of carbonyl (C=O) groups is 2. The molecular formula is C18H25ClN2O2. The Balaban J connectivity index is 1.89. The van der Waals surface area contributed by atoms with E-state index in [-0.39, 0.29) is 24.2 Å². The minimum absolute atomic E-state index is 0.0175. The van der Waals surface area contributed by atoms with Crippen LogP contribution in [0.1, 0.15) is 44.6 Å². The van der Waals surface area contributed by atoms with E-state index in [1.807, 2.05) is 19.1 Å². The molecule has 1 aromatic carbocycles. The summed E-state index contributed by atoms with van der Waals surface area (Å²) in [4.78, 5) is 26.1. The lowest BCUT2D eigenvalue weighted by molar-refractivity contribution is -0.126. The normalized spacial score (nSPS) is 17.6. The number of amides is 2. The molecule has 23 heavy (non-hydrogen) atoms. The molecule has 1 fully saturated rings. The number of rotatable bonds is 7. The number of benzene rings is 1. The molecule has 1 atom stereocenters. The van der Waals surface area contributed by atoms with Crippen molar-refractivity contribution in [2.75, 3.05) is 18.0 Å². The number of aryl methyl sites for hydroxylation is 1. The Kier molecular flexibility index (Phi) is 6.46. The molecule has 5 heteroatoms. The summed E-state index contributed by atoms with van der Waals surface area (Å²) in [6.07, 6.45) is 4.77. The number of hydrogen-bond donors (Lipinski definition) is 1. The lowest BCUT2D eigenvalue weighted by Crippen LogP contribution is -2.33. The molecule has 0 aliphatic carbocycles. The van der Waals surface area contributed by atoms with Crippen LogP contribution in [0.15, 0.2) is 18.2 Å². The smallest absolute Gasteiger partial charge is 0.227 e. The van der Waals surface area contributed by atoms with Crippen LogP contribution in [0.25, 0.3) is 0 Å². The topological polar surface area (TPSA) is 49.4 Å². The maximum Gasteiger partial charge on any atom is 0.227 e. The van der Waals surface area contributed by atoms with Crippen molar-refractivity contribution < 1.29 is 9.59 Å². The van der Waals surface area contributed by atoms with Gasteiger partial charge in [0, 0.05) is 30.2 Å². The molecule has 0 radical (unpaired) electrons. The summed E-state index contributed by atoms with van der Waals surface area (Å²) in [5.74, 6) is -0.305. The van der Waals surface area contributed by atoms with E-state index in [2.05, 4.69) is 12.2 Å². The number of hydrogen-bond acceptors (Lipinski definition) is 2. The average Bonchev–Trinajstić information content (AvgIpc) is 2.92. The Bertz CT molecular complexity index is 574. The number of anilines is 1. The zero-order chi connectivity index (χ0) is 16.8. The molecule has 1 saturated heterocycles. The van der Waals surface area contributed by atoms with Gasteiger partial charge in [-0.05, 0) is 31.0 Å². The van der Waals surface area contributed by atoms with Crippen molar-refractivity contribution in [2.45, 2.75) is 46.0 Å². The molecule has 0 bridgehead atoms. The Labute approximate surface area is 143 Å². The predicted molar refractivity (Wildman–Crippen MR) is 93.8 cm³/mol. The van der Waals surface area contributed by atoms with E-state index in [0.29, 0.717) is 18.1 Å². The fourth-order valence-electron chi connectivity index (χ4n) is 2.79. The monoisotopic (exact) mass is 336 g/mol. The fraction of sp³-hybridized carbons (Fsp3) is 0.556. The maximum absolute atomic E-state index is 12.2. The van der Waals surface area contributed by atoms with Gasteiger partial charge in [-0.15, -0.1) is 0 Å². The third kappa shape index (κ3) is 4.71. The van der Waals surface area contributed by atoms with Gasteiger partial charge >= 0.3 is 0 Å². The zero-order valence-electron chi connectivity index (χ0n) is 13.9. The van der Waals surface area contributed by atoms with Crippen LogP contribution >= 0.6 is 11.6 Å². The SMILES string of the molecule is CCCCCCNC(=O)[C@@H]1CC(=O)N(c2ccc(C)c(Cl)c2)C1. The molecule has 126 valence electrons. The van der Waals surface area contributed by atoms with E-state index < -0.39 is 0 Å². The lowest BCUT2D eigenvalue weighted by atomic mass is 10.1. The second-order valence-electron chi connectivity index (χ2n) is 6.19. The second-order valence-corrected chi connectivity index (χ2v) is 6.60. The molecule has 4 nitrogen and oxygen atoms in total. The van der Waals surface area contributed by atoms with Crippen molar-refractivity contribution in [2.24, 2.45) is 5.92 Å². The number of nitrogens with one attached hydrogen (secondary N) is 1. The highest BCUT2D eigenvalue weighted by Gasteiger charge is 2.35. The van der Waals surface area contributed by atoms with Crippen LogP contribution in [0.4, 0.5) is 5.69 Å². The zero-order valence-corrected chi connectivity index (χ0v) is 14.7. The molecule has 1 aliphatic rings. The first-order valence-corrected chi connectivity index (χ1v) is 8.75. The van der Waals surface area contributed by atoms with Crippen molar-refractivity contribution in [3.05, 3.63) is 28.8 Å². The fourth-order valence-corrected chi connectivity index (χ4v) is 2.96. The number of nitrogens with zero attached hydrogens (tertiary/aromatic N) is 1. The van der Waals surface area contributed by atoms with Crippen LogP contribution in [0.3, 0.4) is 0 Å². The summed E-state index contributed by atoms with van der Waals surface area (Å²) >= 11 is 6.13. The van der Waals surface area contributed by atoms with Gasteiger partial charge in [0.05, 0.1) is 5.92 Å². The summed E-state index contributed by atoms with van der Waals surface area (Å²) in [7, 11) is 0. The Morgan fingerprint density at radius 2 is 2.13 bits per heavy atom. The Morgan fingerprint density at radius 3 is 2.83 bits per heavy atom. The van der Waals surface area contributed by atoms with E-state index in [1.54, 1.807) is 11.0 Å². The molecule has 2 rings (SSSR count). The molecular weight excluding hydrogens is 312 g/mol. The van der Waals surface area contributed by atoms with Gasteiger partial charge in [-0.2, -0.15) is 0 Å². The van der Waals surface area contributed by atoms with E-state index >= 15 is 0 Å². The number of halogens is 1. The average molecular weight is 337 g/mol. The third-order valence-corrected chi connectivity index (χ3v) is 4.70. The molecule has 2 amide bonds. The van der Waals surface area contributed by atoms with E-state index in [1.165, 1.54) is 12.8 Å². The molecule has 0 saturated carbocycles. The van der Waals surface area contributed by atoms with Crippen LogP contribution in [0, 0.1) is 12.8 Å². The van der Waals surface area contributed by atoms with Gasteiger partial charge in [-0.25, -0.2) is 0 Å². The summed E-state index contributed by atoms with van der Waals surface area (Å²) in [5, 5.41) is 3.59. The van der Waals surface area contributed by atoms with Crippen LogP contribution in [-0.2, 0) is 9.59 Å². The maximum atomic E-state index is 12.2. The molecule has 0 spiro atoms. The number of unbranched alkanes of at least 4 members (excludes halogenated alkanes) is 3. The number of carbonyl (C=O) groups excluding carboxylic acids is 2. The largest absolute Gasteiger partial charge is 0.356 e. The molecule has 1 N–H and O–H groups in total. The Morgan fingerprint density at radius 1 is 1.35 bits per heavy atom. The van der Waals surface area contributed by atoms with E-state index in [9.17, 15) is 9.59 Å². The summed E-state index contributed by atoms with van der Waals surface area (Å²) in [6, 6.07) is 5.57. The van der Waals surface area contributed by atoms with Gasteiger partial charge in [-0.1, -0.05) is 43.9 Å². The van der Waals surface area contributed by atoms with E-state index in [4.69, 9.17) is 11.6 Å². The van der Waals surface area contributed by atoms with Crippen molar-refractivity contribution in [1.29, 1.82) is 0 Å². The quantitative estimate of drug-likeness (QED) is 0.772. The lowest BCUT2D eigenvalue weighted by Gasteiger charge is -2.17. The molecule has 0 aromatic heterocycles. The van der Waals surface area contributed by atoms with Gasteiger partial charge in [-0.3, -0.25) is 9.59 Å². The molecule has 1 aliphatic heterocycles. The highest BCUT2D eigenvalue weighted by Crippen LogP contribution is 2.28. The van der Waals surface area contributed by atoms with Crippen molar-refractivity contribution in [3.63, 3.8) is 0 Å². The third-order valence-electron chi connectivity index (χ3n) is 4.29. The van der Waals surface area contributed by atoms with Gasteiger partial charge in [0.15, 0.2) is 0 Å². The first-order chi connectivity index (χ1) is 11.0. The Hall–Kier alpha value is -1.55. The molecule has 1 heterocycles. The first kappa shape index (κ1) is 17.8. The minimum Gasteiger partial charge on any atom is -0.356 e. The van der Waals surface area contributed by atoms with Crippen molar-refractivity contribution in [1.82, 2.24) is 5.32 Å². The summed E-state index contributed by atoms with van der Waals surface area (Å²) in [6.45, 7) is 5.21. The van der Waals surface area contributed by atoms with Crippen LogP contribution in [0.5, 0.6) is 0 Å². The first-order valence-electron chi connectivity index (χ1n) is 8.37. The second kappa shape index (κ2) is 8.34. The van der Waals surface area contributed by atoms with Crippen molar-refractivity contribution >= 4 is 29.1 Å².